The van der Waals surface area contributed by atoms with Gasteiger partial charge in [-0.05, 0) is 24.1 Å². The number of ether oxygens (including phenoxy) is 2. The molecule has 7 nitrogen and oxygen atoms in total. The first-order valence-electron chi connectivity index (χ1n) is 6.77. The monoisotopic (exact) mass is 298 g/mol. The minimum absolute atomic E-state index is 0.299. The molecular formula is C14H20NO6-. The molecule has 2 rings (SSSR count). The van der Waals surface area contributed by atoms with Gasteiger partial charge in [0.15, 0.2) is 0 Å². The molecule has 118 valence electrons. The number of rotatable bonds is 5. The molecule has 21 heavy (non-hydrogen) atoms. The molecule has 1 heterocycles. The highest BCUT2D eigenvalue weighted by Gasteiger charge is 2.44. The maximum atomic E-state index is 9.85. The van der Waals surface area contributed by atoms with Gasteiger partial charge in [0.2, 0.25) is 6.29 Å². The zero-order valence-corrected chi connectivity index (χ0v) is 11.4. The normalized spacial score (nSPS) is 32.9. The number of benzene rings is 1. The van der Waals surface area contributed by atoms with Crippen molar-refractivity contribution in [3.8, 4) is 5.75 Å². The van der Waals surface area contributed by atoms with Gasteiger partial charge in [-0.15, -0.1) is 6.54 Å². The van der Waals surface area contributed by atoms with Gasteiger partial charge in [-0.1, -0.05) is 12.1 Å². The summed E-state index contributed by atoms with van der Waals surface area (Å²) < 4.78 is 10.7. The summed E-state index contributed by atoms with van der Waals surface area (Å²) in [5.41, 5.74) is 8.14. The Hall–Kier alpha value is -1.22. The highest BCUT2D eigenvalue weighted by atomic mass is 16.7. The molecule has 7 heteroatoms. The van der Waals surface area contributed by atoms with Crippen LogP contribution >= 0.6 is 0 Å². The van der Waals surface area contributed by atoms with Crippen LogP contribution < -0.4 is 4.74 Å². The van der Waals surface area contributed by atoms with E-state index in [4.69, 9.17) is 20.3 Å². The smallest absolute Gasteiger partial charge is 0.229 e. The highest BCUT2D eigenvalue weighted by Crippen LogP contribution is 2.24. The minimum atomic E-state index is -1.46. The van der Waals surface area contributed by atoms with Crippen LogP contribution in [0.4, 0.5) is 0 Å². The van der Waals surface area contributed by atoms with E-state index in [9.17, 15) is 15.3 Å². The Labute approximate surface area is 122 Å². The van der Waals surface area contributed by atoms with E-state index in [2.05, 4.69) is 0 Å². The van der Waals surface area contributed by atoms with Crippen LogP contribution in [0.2, 0.25) is 0 Å². The zero-order chi connectivity index (χ0) is 15.4. The molecule has 1 fully saturated rings. The van der Waals surface area contributed by atoms with E-state index in [-0.39, 0.29) is 0 Å². The molecule has 1 aliphatic heterocycles. The van der Waals surface area contributed by atoms with Crippen LogP contribution in [0.5, 0.6) is 5.75 Å². The number of aliphatic hydroxyl groups excluding tert-OH is 4. The van der Waals surface area contributed by atoms with Crippen LogP contribution in [0.15, 0.2) is 24.3 Å². The summed E-state index contributed by atoms with van der Waals surface area (Å²) in [6, 6.07) is 6.95. The average Bonchev–Trinajstić information content (AvgIpc) is 2.50. The molecule has 0 radical (unpaired) electrons. The second kappa shape index (κ2) is 7.17. The van der Waals surface area contributed by atoms with E-state index in [1.807, 2.05) is 0 Å². The van der Waals surface area contributed by atoms with Gasteiger partial charge < -0.3 is 35.6 Å². The molecule has 0 amide bonds. The Bertz CT molecular complexity index is 438. The van der Waals surface area contributed by atoms with Crippen LogP contribution in [0.25, 0.3) is 5.73 Å². The Morgan fingerprint density at radius 3 is 2.29 bits per heavy atom. The first-order chi connectivity index (χ1) is 10.1. The van der Waals surface area contributed by atoms with Gasteiger partial charge in [-0.25, -0.2) is 0 Å². The fourth-order valence-electron chi connectivity index (χ4n) is 2.18. The quantitative estimate of drug-likeness (QED) is 0.579. The molecule has 1 aromatic rings. The Kier molecular flexibility index (Phi) is 5.51. The first-order valence-corrected chi connectivity index (χ1v) is 6.77. The lowest BCUT2D eigenvalue weighted by molar-refractivity contribution is -0.277. The molecule has 0 aliphatic carbocycles. The van der Waals surface area contributed by atoms with Crippen molar-refractivity contribution in [2.75, 3.05) is 13.2 Å². The fourth-order valence-corrected chi connectivity index (χ4v) is 2.18. The minimum Gasteiger partial charge on any atom is -0.677 e. The summed E-state index contributed by atoms with van der Waals surface area (Å²) >= 11 is 0. The number of nitrogens with one attached hydrogen (secondary N) is 1. The molecule has 0 bridgehead atoms. The third-order valence-electron chi connectivity index (χ3n) is 3.44. The maximum Gasteiger partial charge on any atom is 0.229 e. The van der Waals surface area contributed by atoms with Crippen molar-refractivity contribution in [3.63, 3.8) is 0 Å². The largest absolute Gasteiger partial charge is 0.677 e. The van der Waals surface area contributed by atoms with Gasteiger partial charge in [-0.2, -0.15) is 0 Å². The van der Waals surface area contributed by atoms with Gasteiger partial charge in [0, 0.05) is 0 Å². The van der Waals surface area contributed by atoms with E-state index >= 15 is 0 Å². The first kappa shape index (κ1) is 16.2. The molecule has 0 aromatic heterocycles. The number of aliphatic hydroxyl groups is 4. The van der Waals surface area contributed by atoms with Crippen molar-refractivity contribution in [1.82, 2.24) is 0 Å². The Morgan fingerprint density at radius 2 is 1.71 bits per heavy atom. The molecule has 0 spiro atoms. The molecule has 1 aliphatic rings. The third-order valence-corrected chi connectivity index (χ3v) is 3.44. The van der Waals surface area contributed by atoms with E-state index in [1.54, 1.807) is 24.3 Å². The standard InChI is InChI=1S/C14H20NO6/c15-6-5-8-1-3-9(4-2-8)20-14-13(19)12(18)11(17)10(7-16)21-14/h1-4,10-19H,5-7H2/q-1/t10?,11-,12?,13?,14-/m0/s1. The van der Waals surface area contributed by atoms with Gasteiger partial charge in [-0.3, -0.25) is 0 Å². The fraction of sp³-hybridized carbons (Fsp3) is 0.571. The van der Waals surface area contributed by atoms with Crippen molar-refractivity contribution >= 4 is 0 Å². The van der Waals surface area contributed by atoms with Crippen LogP contribution in [-0.2, 0) is 11.2 Å². The van der Waals surface area contributed by atoms with Gasteiger partial charge in [0.25, 0.3) is 0 Å². The predicted molar refractivity (Wildman–Crippen MR) is 73.7 cm³/mol. The van der Waals surface area contributed by atoms with Crippen LogP contribution in [0, 0.1) is 0 Å². The molecule has 3 unspecified atom stereocenters. The maximum absolute atomic E-state index is 9.85. The summed E-state index contributed by atoms with van der Waals surface area (Å²) in [7, 11) is 0. The molecule has 1 aromatic carbocycles. The van der Waals surface area contributed by atoms with Gasteiger partial charge in [0.1, 0.15) is 30.2 Å². The molecule has 5 N–H and O–H groups in total. The Morgan fingerprint density at radius 1 is 1.05 bits per heavy atom. The lowest BCUT2D eigenvalue weighted by Gasteiger charge is -2.39. The second-order valence-electron chi connectivity index (χ2n) is 4.96. The van der Waals surface area contributed by atoms with Crippen LogP contribution in [0.3, 0.4) is 0 Å². The van der Waals surface area contributed by atoms with E-state index in [0.717, 1.165) is 5.56 Å². The van der Waals surface area contributed by atoms with Crippen molar-refractivity contribution in [2.45, 2.75) is 37.1 Å². The summed E-state index contributed by atoms with van der Waals surface area (Å²) in [4.78, 5) is 0. The van der Waals surface area contributed by atoms with E-state index < -0.39 is 37.3 Å². The number of hydrogen-bond acceptors (Lipinski definition) is 6. The van der Waals surface area contributed by atoms with Gasteiger partial charge >= 0.3 is 0 Å². The van der Waals surface area contributed by atoms with Crippen LogP contribution in [0.1, 0.15) is 5.56 Å². The summed E-state index contributed by atoms with van der Waals surface area (Å²) in [6.45, 7) is -0.194. The van der Waals surface area contributed by atoms with Gasteiger partial charge in [0.05, 0.1) is 6.61 Å². The predicted octanol–water partition coefficient (Wildman–Crippen LogP) is -0.540. The average molecular weight is 298 g/mol. The zero-order valence-electron chi connectivity index (χ0n) is 11.4. The molecule has 1 saturated heterocycles. The molecular weight excluding hydrogens is 278 g/mol. The molecule has 0 saturated carbocycles. The highest BCUT2D eigenvalue weighted by molar-refractivity contribution is 5.27. The van der Waals surface area contributed by atoms with Crippen molar-refractivity contribution in [1.29, 1.82) is 0 Å². The SMILES string of the molecule is [NH-]CCc1ccc(O[C@H]2OC(CO)[C@H](O)C(O)C2O)cc1. The van der Waals surface area contributed by atoms with Crippen LogP contribution in [-0.4, -0.2) is 64.3 Å². The second-order valence-corrected chi connectivity index (χ2v) is 4.96. The van der Waals surface area contributed by atoms with Crippen molar-refractivity contribution < 1.29 is 29.9 Å². The summed E-state index contributed by atoms with van der Waals surface area (Å²) in [6.07, 6.45) is -5.80. The lowest BCUT2D eigenvalue weighted by atomic mass is 9.99. The summed E-state index contributed by atoms with van der Waals surface area (Å²) in [5.74, 6) is 0.424. The van der Waals surface area contributed by atoms with Crippen molar-refractivity contribution in [2.24, 2.45) is 0 Å². The topological polar surface area (TPSA) is 123 Å². The third kappa shape index (κ3) is 3.70. The summed E-state index contributed by atoms with van der Waals surface area (Å²) in [5, 5.41) is 38.3. The molecule has 5 atom stereocenters. The lowest BCUT2D eigenvalue weighted by Crippen LogP contribution is -2.60. The van der Waals surface area contributed by atoms with Crippen molar-refractivity contribution in [3.05, 3.63) is 35.6 Å². The van der Waals surface area contributed by atoms with E-state index in [0.29, 0.717) is 18.7 Å². The number of hydrogen-bond donors (Lipinski definition) is 4. The Balaban J connectivity index is 2.03. The van der Waals surface area contributed by atoms with E-state index in [1.165, 1.54) is 0 Å².